The van der Waals surface area contributed by atoms with Crippen molar-refractivity contribution in [1.29, 1.82) is 0 Å². The second-order valence-corrected chi connectivity index (χ2v) is 4.97. The lowest BCUT2D eigenvalue weighted by Crippen LogP contribution is -2.11. The molecule has 1 aromatic carbocycles. The second kappa shape index (κ2) is 5.58. The van der Waals surface area contributed by atoms with Crippen LogP contribution in [0.3, 0.4) is 0 Å². The van der Waals surface area contributed by atoms with E-state index in [1.54, 1.807) is 14.0 Å². The summed E-state index contributed by atoms with van der Waals surface area (Å²) in [4.78, 5) is 15.3. The molecule has 0 saturated carbocycles. The summed E-state index contributed by atoms with van der Waals surface area (Å²) in [5.74, 6) is -0.218. The lowest BCUT2D eigenvalue weighted by atomic mass is 10.3. The summed E-state index contributed by atoms with van der Waals surface area (Å²) in [6.07, 6.45) is 0. The summed E-state index contributed by atoms with van der Waals surface area (Å²) < 4.78 is 20.5. The topological polar surface area (TPSA) is 59.4 Å². The van der Waals surface area contributed by atoms with Crippen molar-refractivity contribution in [1.82, 2.24) is 9.78 Å². The van der Waals surface area contributed by atoms with E-state index in [1.165, 1.54) is 10.7 Å². The van der Waals surface area contributed by atoms with Gasteiger partial charge in [-0.05, 0) is 24.3 Å². The summed E-state index contributed by atoms with van der Waals surface area (Å²) in [5, 5.41) is 2.69. The Morgan fingerprint density at radius 3 is 2.89 bits per heavy atom. The zero-order chi connectivity index (χ0) is 14.0. The molecule has 0 aliphatic heterocycles. The van der Waals surface area contributed by atoms with Gasteiger partial charge in [-0.25, -0.2) is 9.38 Å². The van der Waals surface area contributed by atoms with E-state index in [0.717, 1.165) is 17.4 Å². The van der Waals surface area contributed by atoms with Gasteiger partial charge in [0, 0.05) is 13.1 Å². The fourth-order valence-electron chi connectivity index (χ4n) is 1.43. The van der Waals surface area contributed by atoms with E-state index in [2.05, 4.69) is 10.1 Å². The molecule has 1 N–H and O–H groups in total. The van der Waals surface area contributed by atoms with Crippen LogP contribution in [0.2, 0.25) is 5.02 Å². The highest BCUT2D eigenvalue weighted by Crippen LogP contribution is 2.31. The summed E-state index contributed by atoms with van der Waals surface area (Å²) >= 11 is 6.74. The number of hydrogen-bond donors (Lipinski definition) is 1. The van der Waals surface area contributed by atoms with Crippen LogP contribution in [0.15, 0.2) is 21.9 Å². The molecule has 1 heterocycles. The monoisotopic (exact) mass is 303 g/mol. The van der Waals surface area contributed by atoms with Gasteiger partial charge in [-0.1, -0.05) is 11.6 Å². The predicted molar refractivity (Wildman–Crippen MR) is 71.7 cm³/mol. The van der Waals surface area contributed by atoms with Crippen LogP contribution in [0.4, 0.5) is 10.1 Å². The van der Waals surface area contributed by atoms with Gasteiger partial charge in [0.2, 0.25) is 4.80 Å². The number of benzene rings is 1. The predicted octanol–water partition coefficient (Wildman–Crippen LogP) is 2.20. The Labute approximate surface area is 116 Å². The lowest BCUT2D eigenvalue weighted by molar-refractivity contribution is 0.340. The number of H-pyrrole nitrogens is 1. The van der Waals surface area contributed by atoms with Crippen molar-refractivity contribution >= 4 is 28.6 Å². The van der Waals surface area contributed by atoms with E-state index < -0.39 is 5.82 Å². The van der Waals surface area contributed by atoms with Gasteiger partial charge in [0.25, 0.3) is 0 Å². The third-order valence-electron chi connectivity index (χ3n) is 2.25. The largest absolute Gasteiger partial charge is 0.492 e. The molecule has 2 rings (SSSR count). The molecule has 102 valence electrons. The van der Waals surface area contributed by atoms with Crippen molar-refractivity contribution in [3.63, 3.8) is 0 Å². The number of hydrogen-bond acceptors (Lipinski definition) is 4. The lowest BCUT2D eigenvalue weighted by Gasteiger charge is -2.06. The van der Waals surface area contributed by atoms with Crippen LogP contribution in [0.5, 0.6) is 5.75 Å². The van der Waals surface area contributed by atoms with Crippen LogP contribution >= 0.6 is 22.9 Å². The van der Waals surface area contributed by atoms with Crippen LogP contribution in [0, 0.1) is 5.82 Å². The molecule has 5 nitrogen and oxygen atoms in total. The summed E-state index contributed by atoms with van der Waals surface area (Å²) in [5.41, 5.74) is 0.0682. The molecule has 0 radical (unpaired) electrons. The number of aromatic amines is 1. The molecule has 0 aliphatic carbocycles. The number of halogens is 2. The molecule has 19 heavy (non-hydrogen) atoms. The minimum Gasteiger partial charge on any atom is -0.492 e. The van der Waals surface area contributed by atoms with Crippen molar-refractivity contribution in [2.75, 3.05) is 6.61 Å². The molecular formula is C11H11ClFN3O2S. The van der Waals surface area contributed by atoms with Crippen molar-refractivity contribution in [2.45, 2.75) is 6.92 Å². The van der Waals surface area contributed by atoms with Gasteiger partial charge in [0.05, 0.1) is 11.6 Å². The maximum absolute atomic E-state index is 13.8. The first-order chi connectivity index (χ1) is 9.01. The number of aryl methyl sites for hydroxylation is 1. The Hall–Kier alpha value is -1.60. The van der Waals surface area contributed by atoms with Gasteiger partial charge in [0.1, 0.15) is 11.4 Å². The maximum Gasteiger partial charge on any atom is 0.322 e. The van der Waals surface area contributed by atoms with Crippen LogP contribution < -0.4 is 14.4 Å². The average Bonchev–Trinajstić information content (AvgIpc) is 2.64. The van der Waals surface area contributed by atoms with Crippen molar-refractivity contribution < 1.29 is 9.13 Å². The molecule has 0 spiro atoms. The smallest absolute Gasteiger partial charge is 0.322 e. The Bertz CT molecular complexity index is 719. The van der Waals surface area contributed by atoms with Gasteiger partial charge >= 0.3 is 4.87 Å². The maximum atomic E-state index is 13.8. The molecule has 0 aliphatic rings. The molecule has 0 unspecified atom stereocenters. The first kappa shape index (κ1) is 13.8. The molecule has 2 aromatic rings. The van der Waals surface area contributed by atoms with Crippen LogP contribution in [-0.2, 0) is 7.05 Å². The molecule has 0 saturated heterocycles. The third kappa shape index (κ3) is 3.05. The standard InChI is InChI=1S/C11H11ClFN3O2S/c1-3-18-9-5-8(7(13)4-6(9)12)14-10-16(2)15-11(17)19-10/h4-5H,3H2,1-2H3,(H,15,17). The fraction of sp³-hybridized carbons (Fsp3) is 0.273. The van der Waals surface area contributed by atoms with Crippen LogP contribution in [-0.4, -0.2) is 16.4 Å². The minimum absolute atomic E-state index is 0.0682. The van der Waals surface area contributed by atoms with Gasteiger partial charge in [-0.2, -0.15) is 0 Å². The Morgan fingerprint density at radius 1 is 1.58 bits per heavy atom. The summed E-state index contributed by atoms with van der Waals surface area (Å²) in [7, 11) is 1.62. The summed E-state index contributed by atoms with van der Waals surface area (Å²) in [6, 6.07) is 2.55. The van der Waals surface area contributed by atoms with E-state index in [0.29, 0.717) is 17.2 Å². The first-order valence-corrected chi connectivity index (χ1v) is 6.63. The highest BCUT2D eigenvalue weighted by molar-refractivity contribution is 7.06. The van der Waals surface area contributed by atoms with E-state index in [4.69, 9.17) is 16.3 Å². The molecule has 0 atom stereocenters. The fourth-order valence-corrected chi connectivity index (χ4v) is 2.31. The Kier molecular flexibility index (Phi) is 4.06. The number of ether oxygens (including phenoxy) is 1. The van der Waals surface area contributed by atoms with Crippen LogP contribution in [0.1, 0.15) is 6.92 Å². The van der Waals surface area contributed by atoms with Gasteiger partial charge in [-0.3, -0.25) is 14.6 Å². The van der Waals surface area contributed by atoms with Gasteiger partial charge in [-0.15, -0.1) is 0 Å². The molecule has 8 heteroatoms. The highest BCUT2D eigenvalue weighted by Gasteiger charge is 2.09. The normalized spacial score (nSPS) is 11.9. The third-order valence-corrected chi connectivity index (χ3v) is 3.37. The molecule has 0 fully saturated rings. The van der Waals surface area contributed by atoms with Crippen molar-refractivity contribution in [3.05, 3.63) is 37.4 Å². The second-order valence-electron chi connectivity index (χ2n) is 3.62. The van der Waals surface area contributed by atoms with Gasteiger partial charge in [0.15, 0.2) is 5.82 Å². The Morgan fingerprint density at radius 2 is 2.32 bits per heavy atom. The van der Waals surface area contributed by atoms with Gasteiger partial charge < -0.3 is 4.74 Å². The van der Waals surface area contributed by atoms with Crippen molar-refractivity contribution in [3.8, 4) is 5.75 Å². The van der Waals surface area contributed by atoms with E-state index >= 15 is 0 Å². The molecular weight excluding hydrogens is 293 g/mol. The zero-order valence-corrected chi connectivity index (χ0v) is 11.8. The quantitative estimate of drug-likeness (QED) is 0.945. The first-order valence-electron chi connectivity index (χ1n) is 5.44. The number of rotatable bonds is 3. The Balaban J connectivity index is 2.57. The number of nitrogens with one attached hydrogen (secondary N) is 1. The molecule has 1 aromatic heterocycles. The SMILES string of the molecule is CCOc1cc(N=c2sc(=O)[nH]n2C)c(F)cc1Cl. The minimum atomic E-state index is -0.575. The van der Waals surface area contributed by atoms with E-state index in [1.807, 2.05) is 0 Å². The molecule has 0 bridgehead atoms. The van der Waals surface area contributed by atoms with Crippen LogP contribution in [0.25, 0.3) is 0 Å². The molecule has 0 amide bonds. The van der Waals surface area contributed by atoms with E-state index in [-0.39, 0.29) is 15.6 Å². The number of nitrogens with zero attached hydrogens (tertiary/aromatic N) is 2. The van der Waals surface area contributed by atoms with E-state index in [9.17, 15) is 9.18 Å². The van der Waals surface area contributed by atoms with Crippen molar-refractivity contribution in [2.24, 2.45) is 12.0 Å². The number of aromatic nitrogens is 2. The average molecular weight is 304 g/mol. The highest BCUT2D eigenvalue weighted by atomic mass is 35.5. The zero-order valence-electron chi connectivity index (χ0n) is 10.2. The summed E-state index contributed by atoms with van der Waals surface area (Å²) in [6.45, 7) is 2.21.